The molecule has 1 N–H and O–H groups in total. The van der Waals surface area contributed by atoms with Crippen molar-refractivity contribution in [2.45, 2.75) is 6.54 Å². The first-order chi connectivity index (χ1) is 9.34. The van der Waals surface area contributed by atoms with Crippen LogP contribution in [0.4, 0.5) is 0 Å². The average Bonchev–Trinajstić information content (AvgIpc) is 2.97. The number of aromatic nitrogens is 3. The Labute approximate surface area is 108 Å². The Kier molecular flexibility index (Phi) is 2.89. The largest absolute Gasteiger partial charge is 0.364 e. The van der Waals surface area contributed by atoms with E-state index in [1.165, 1.54) is 6.26 Å². The van der Waals surface area contributed by atoms with E-state index in [9.17, 15) is 4.79 Å². The molecule has 0 fully saturated rings. The number of amides is 1. The molecule has 0 radical (unpaired) electrons. The fourth-order valence-electron chi connectivity index (χ4n) is 1.77. The van der Waals surface area contributed by atoms with Gasteiger partial charge < -0.3 is 9.84 Å². The van der Waals surface area contributed by atoms with E-state index in [0.717, 1.165) is 0 Å². The molecule has 19 heavy (non-hydrogen) atoms. The van der Waals surface area contributed by atoms with Gasteiger partial charge >= 0.3 is 0 Å². The standard InChI is InChI=1S/C13H10N4O2/c18-13(16-8-9-4-7-19-17-9)10-2-1-3-11-12(10)15-6-5-14-11/h1-7H,8H2,(H,16,18). The van der Waals surface area contributed by atoms with E-state index >= 15 is 0 Å². The number of carbonyl (C=O) groups excluding carboxylic acids is 1. The van der Waals surface area contributed by atoms with Gasteiger partial charge in [0.15, 0.2) is 0 Å². The molecule has 0 spiro atoms. The highest BCUT2D eigenvalue weighted by Crippen LogP contribution is 2.13. The maximum absolute atomic E-state index is 12.1. The van der Waals surface area contributed by atoms with E-state index < -0.39 is 0 Å². The smallest absolute Gasteiger partial charge is 0.253 e. The van der Waals surface area contributed by atoms with Crippen molar-refractivity contribution >= 4 is 16.9 Å². The second-order valence-corrected chi connectivity index (χ2v) is 3.90. The van der Waals surface area contributed by atoms with E-state index in [2.05, 4.69) is 20.4 Å². The van der Waals surface area contributed by atoms with Crippen LogP contribution in [0.1, 0.15) is 16.1 Å². The molecule has 0 bridgehead atoms. The van der Waals surface area contributed by atoms with Gasteiger partial charge in [-0.2, -0.15) is 0 Å². The summed E-state index contributed by atoms with van der Waals surface area (Å²) in [5, 5.41) is 6.49. The quantitative estimate of drug-likeness (QED) is 0.766. The summed E-state index contributed by atoms with van der Waals surface area (Å²) < 4.78 is 4.70. The number of carbonyl (C=O) groups is 1. The van der Waals surface area contributed by atoms with Gasteiger partial charge in [0, 0.05) is 18.5 Å². The second kappa shape index (κ2) is 4.85. The number of fused-ring (bicyclic) bond motifs is 1. The Morgan fingerprint density at radius 2 is 2.11 bits per heavy atom. The van der Waals surface area contributed by atoms with Crippen molar-refractivity contribution in [3.63, 3.8) is 0 Å². The Bertz CT molecular complexity index is 704. The van der Waals surface area contributed by atoms with Crippen LogP contribution in [0.2, 0.25) is 0 Å². The van der Waals surface area contributed by atoms with Gasteiger partial charge in [-0.25, -0.2) is 0 Å². The maximum atomic E-state index is 12.1. The highest BCUT2D eigenvalue weighted by atomic mass is 16.5. The minimum atomic E-state index is -0.214. The van der Waals surface area contributed by atoms with E-state index in [1.807, 2.05) is 6.07 Å². The van der Waals surface area contributed by atoms with Gasteiger partial charge in [0.1, 0.15) is 17.5 Å². The van der Waals surface area contributed by atoms with Crippen molar-refractivity contribution in [2.24, 2.45) is 0 Å². The third kappa shape index (κ3) is 2.28. The number of hydrogen-bond acceptors (Lipinski definition) is 5. The Morgan fingerprint density at radius 1 is 1.21 bits per heavy atom. The summed E-state index contributed by atoms with van der Waals surface area (Å²) in [6, 6.07) is 7.01. The SMILES string of the molecule is O=C(NCc1ccon1)c1cccc2nccnc12. The fraction of sp³-hybridized carbons (Fsp3) is 0.0769. The van der Waals surface area contributed by atoms with Crippen molar-refractivity contribution in [1.29, 1.82) is 0 Å². The molecule has 0 atom stereocenters. The Hall–Kier alpha value is -2.76. The zero-order valence-electron chi connectivity index (χ0n) is 9.91. The Morgan fingerprint density at radius 3 is 2.95 bits per heavy atom. The van der Waals surface area contributed by atoms with Gasteiger partial charge in [0.25, 0.3) is 5.91 Å². The van der Waals surface area contributed by atoms with Crippen LogP contribution in [-0.4, -0.2) is 21.0 Å². The third-order valence-corrected chi connectivity index (χ3v) is 2.66. The summed E-state index contributed by atoms with van der Waals surface area (Å²) in [4.78, 5) is 20.5. The molecule has 2 heterocycles. The predicted molar refractivity (Wildman–Crippen MR) is 67.2 cm³/mol. The van der Waals surface area contributed by atoms with Gasteiger partial charge in [0.05, 0.1) is 17.6 Å². The monoisotopic (exact) mass is 254 g/mol. The van der Waals surface area contributed by atoms with Crippen molar-refractivity contribution in [3.8, 4) is 0 Å². The highest BCUT2D eigenvalue weighted by Gasteiger charge is 2.11. The molecule has 0 aliphatic carbocycles. The summed E-state index contributed by atoms with van der Waals surface area (Å²) in [5.41, 5.74) is 2.44. The lowest BCUT2D eigenvalue weighted by molar-refractivity contribution is 0.0951. The number of benzene rings is 1. The zero-order valence-corrected chi connectivity index (χ0v) is 9.91. The molecular formula is C13H10N4O2. The third-order valence-electron chi connectivity index (χ3n) is 2.66. The van der Waals surface area contributed by atoms with Crippen LogP contribution in [0.15, 0.2) is 47.4 Å². The average molecular weight is 254 g/mol. The number of nitrogens with one attached hydrogen (secondary N) is 1. The number of para-hydroxylation sites is 1. The minimum absolute atomic E-state index is 0.214. The molecule has 6 heteroatoms. The first kappa shape index (κ1) is 11.3. The summed E-state index contributed by atoms with van der Waals surface area (Å²) in [7, 11) is 0. The van der Waals surface area contributed by atoms with Crippen molar-refractivity contribution in [2.75, 3.05) is 0 Å². The molecule has 3 rings (SSSR count). The van der Waals surface area contributed by atoms with Crippen molar-refractivity contribution < 1.29 is 9.32 Å². The lowest BCUT2D eigenvalue weighted by atomic mass is 10.1. The first-order valence-electron chi connectivity index (χ1n) is 5.72. The zero-order chi connectivity index (χ0) is 13.1. The van der Waals surface area contributed by atoms with Crippen LogP contribution in [0.25, 0.3) is 11.0 Å². The molecule has 0 saturated heterocycles. The molecule has 1 amide bonds. The van der Waals surface area contributed by atoms with Crippen LogP contribution in [-0.2, 0) is 6.54 Å². The molecule has 2 aromatic heterocycles. The number of rotatable bonds is 3. The summed E-state index contributed by atoms with van der Waals surface area (Å²) in [6.45, 7) is 0.311. The van der Waals surface area contributed by atoms with Crippen LogP contribution in [0.5, 0.6) is 0 Å². The van der Waals surface area contributed by atoms with Gasteiger partial charge in [-0.1, -0.05) is 11.2 Å². The fourth-order valence-corrected chi connectivity index (χ4v) is 1.77. The van der Waals surface area contributed by atoms with E-state index in [4.69, 9.17) is 4.52 Å². The molecule has 0 saturated carbocycles. The van der Waals surface area contributed by atoms with Gasteiger partial charge in [0.2, 0.25) is 0 Å². The van der Waals surface area contributed by atoms with Crippen LogP contribution >= 0.6 is 0 Å². The topological polar surface area (TPSA) is 80.9 Å². The summed E-state index contributed by atoms with van der Waals surface area (Å²) >= 11 is 0. The molecule has 0 aliphatic rings. The molecule has 0 unspecified atom stereocenters. The molecule has 94 valence electrons. The van der Waals surface area contributed by atoms with Gasteiger partial charge in [-0.15, -0.1) is 0 Å². The van der Waals surface area contributed by atoms with E-state index in [1.54, 1.807) is 30.6 Å². The predicted octanol–water partition coefficient (Wildman–Crippen LogP) is 1.55. The molecule has 1 aromatic carbocycles. The minimum Gasteiger partial charge on any atom is -0.364 e. The molecule has 3 aromatic rings. The van der Waals surface area contributed by atoms with Crippen molar-refractivity contribution in [1.82, 2.24) is 20.4 Å². The molecular weight excluding hydrogens is 244 g/mol. The van der Waals surface area contributed by atoms with E-state index in [-0.39, 0.29) is 5.91 Å². The summed E-state index contributed by atoms with van der Waals surface area (Å²) in [6.07, 6.45) is 4.63. The highest BCUT2D eigenvalue weighted by molar-refractivity contribution is 6.04. The van der Waals surface area contributed by atoms with Crippen molar-refractivity contribution in [3.05, 3.63) is 54.2 Å². The number of hydrogen-bond donors (Lipinski definition) is 1. The lowest BCUT2D eigenvalue weighted by Gasteiger charge is -2.05. The second-order valence-electron chi connectivity index (χ2n) is 3.90. The van der Waals surface area contributed by atoms with Gasteiger partial charge in [-0.05, 0) is 12.1 Å². The van der Waals surface area contributed by atoms with Crippen LogP contribution in [0.3, 0.4) is 0 Å². The molecule has 6 nitrogen and oxygen atoms in total. The maximum Gasteiger partial charge on any atom is 0.253 e. The van der Waals surface area contributed by atoms with Gasteiger partial charge in [-0.3, -0.25) is 14.8 Å². The first-order valence-corrected chi connectivity index (χ1v) is 5.72. The molecule has 0 aliphatic heterocycles. The lowest BCUT2D eigenvalue weighted by Crippen LogP contribution is -2.23. The summed E-state index contributed by atoms with van der Waals surface area (Å²) in [5.74, 6) is -0.214. The van der Waals surface area contributed by atoms with Crippen LogP contribution < -0.4 is 5.32 Å². The normalized spacial score (nSPS) is 10.5. The van der Waals surface area contributed by atoms with Crippen LogP contribution in [0, 0.1) is 0 Å². The Balaban J connectivity index is 1.85. The number of nitrogens with zero attached hydrogens (tertiary/aromatic N) is 3. The van der Waals surface area contributed by atoms with E-state index in [0.29, 0.717) is 28.8 Å².